The Morgan fingerprint density at radius 3 is 2.86 bits per heavy atom. The molecule has 22 heavy (non-hydrogen) atoms. The van der Waals surface area contributed by atoms with Gasteiger partial charge in [0.2, 0.25) is 11.0 Å². The minimum Gasteiger partial charge on any atom is -0.300 e. The van der Waals surface area contributed by atoms with Crippen molar-refractivity contribution in [3.63, 3.8) is 0 Å². The predicted molar refractivity (Wildman–Crippen MR) is 87.6 cm³/mol. The van der Waals surface area contributed by atoms with Crippen molar-refractivity contribution in [2.75, 3.05) is 11.1 Å². The summed E-state index contributed by atoms with van der Waals surface area (Å²) >= 11 is 2.73. The van der Waals surface area contributed by atoms with Gasteiger partial charge in [-0.3, -0.25) is 14.7 Å². The number of carbonyl (C=O) groups is 1. The number of imidazole rings is 1. The molecule has 0 spiro atoms. The Morgan fingerprint density at radius 1 is 1.32 bits per heavy atom. The minimum absolute atomic E-state index is 0.122. The predicted octanol–water partition coefficient (Wildman–Crippen LogP) is 2.76. The number of carbonyl (C=O) groups excluding carboxylic acids is 1. The van der Waals surface area contributed by atoms with Gasteiger partial charge in [-0.1, -0.05) is 41.3 Å². The van der Waals surface area contributed by atoms with Crippen LogP contribution in [0.4, 0.5) is 5.13 Å². The Morgan fingerprint density at radius 2 is 2.14 bits per heavy atom. The van der Waals surface area contributed by atoms with E-state index in [4.69, 9.17) is 0 Å². The number of hydrogen-bond acceptors (Lipinski definition) is 6. The lowest BCUT2D eigenvalue weighted by molar-refractivity contribution is -0.113. The third-order valence-electron chi connectivity index (χ3n) is 2.75. The van der Waals surface area contributed by atoms with E-state index in [-0.39, 0.29) is 11.7 Å². The monoisotopic (exact) mass is 331 g/mol. The molecule has 2 heterocycles. The molecule has 0 saturated heterocycles. The Kier molecular flexibility index (Phi) is 4.50. The normalized spacial score (nSPS) is 10.6. The molecule has 1 amide bonds. The van der Waals surface area contributed by atoms with Crippen LogP contribution in [0.15, 0.2) is 47.9 Å². The average molecular weight is 331 g/mol. The Hall–Kier alpha value is -2.19. The zero-order chi connectivity index (χ0) is 15.4. The van der Waals surface area contributed by atoms with E-state index in [1.54, 1.807) is 6.20 Å². The van der Waals surface area contributed by atoms with Crippen molar-refractivity contribution < 1.29 is 4.79 Å². The highest BCUT2D eigenvalue weighted by Gasteiger charge is 2.10. The number of aryl methyl sites for hydroxylation is 1. The van der Waals surface area contributed by atoms with Crippen molar-refractivity contribution in [2.24, 2.45) is 0 Å². The number of nitrogens with one attached hydrogen (secondary N) is 1. The van der Waals surface area contributed by atoms with E-state index >= 15 is 0 Å². The van der Waals surface area contributed by atoms with Gasteiger partial charge in [0.05, 0.1) is 5.75 Å². The van der Waals surface area contributed by atoms with Crippen molar-refractivity contribution in [2.45, 2.75) is 12.1 Å². The largest absolute Gasteiger partial charge is 0.300 e. The summed E-state index contributed by atoms with van der Waals surface area (Å²) in [4.78, 5) is 16.2. The van der Waals surface area contributed by atoms with Crippen molar-refractivity contribution in [3.8, 4) is 5.69 Å². The second-order valence-corrected chi connectivity index (χ2v) is 6.50. The highest BCUT2D eigenvalue weighted by atomic mass is 32.2. The van der Waals surface area contributed by atoms with Crippen LogP contribution in [-0.2, 0) is 4.79 Å². The van der Waals surface area contributed by atoms with Gasteiger partial charge in [-0.25, -0.2) is 4.98 Å². The van der Waals surface area contributed by atoms with Crippen molar-refractivity contribution in [1.29, 1.82) is 0 Å². The van der Waals surface area contributed by atoms with E-state index in [1.165, 1.54) is 23.1 Å². The zero-order valence-corrected chi connectivity index (χ0v) is 13.4. The summed E-state index contributed by atoms with van der Waals surface area (Å²) < 4.78 is 1.95. The number of amides is 1. The third-order valence-corrected chi connectivity index (χ3v) is 4.47. The van der Waals surface area contributed by atoms with Crippen LogP contribution >= 0.6 is 23.1 Å². The van der Waals surface area contributed by atoms with Crippen LogP contribution in [0.1, 0.15) is 5.01 Å². The van der Waals surface area contributed by atoms with Gasteiger partial charge in [0.1, 0.15) is 5.01 Å². The number of hydrogen-bond donors (Lipinski definition) is 1. The molecule has 8 heteroatoms. The quantitative estimate of drug-likeness (QED) is 0.728. The molecule has 0 atom stereocenters. The van der Waals surface area contributed by atoms with Crippen molar-refractivity contribution >= 4 is 34.1 Å². The molecule has 2 aromatic heterocycles. The molecule has 112 valence electrons. The molecule has 0 saturated carbocycles. The topological polar surface area (TPSA) is 72.7 Å². The van der Waals surface area contributed by atoms with Crippen LogP contribution in [0, 0.1) is 6.92 Å². The fraction of sp³-hybridized carbons (Fsp3) is 0.143. The molecule has 0 aliphatic carbocycles. The van der Waals surface area contributed by atoms with Gasteiger partial charge in [-0.2, -0.15) is 0 Å². The lowest BCUT2D eigenvalue weighted by atomic mass is 10.3. The van der Waals surface area contributed by atoms with Crippen molar-refractivity contribution in [1.82, 2.24) is 19.7 Å². The highest BCUT2D eigenvalue weighted by molar-refractivity contribution is 7.99. The van der Waals surface area contributed by atoms with Crippen LogP contribution in [0.2, 0.25) is 0 Å². The standard InChI is InChI=1S/C14H13N5OS2/c1-10-17-18-13(22-10)16-12(20)9-21-14-15-7-8-19(14)11-5-3-2-4-6-11/h2-8H,9H2,1H3,(H,16,18,20). The van der Waals surface area contributed by atoms with Gasteiger partial charge in [-0.15, -0.1) is 10.2 Å². The lowest BCUT2D eigenvalue weighted by Gasteiger charge is -2.06. The van der Waals surface area contributed by atoms with Gasteiger partial charge in [-0.05, 0) is 19.1 Å². The summed E-state index contributed by atoms with van der Waals surface area (Å²) in [6, 6.07) is 9.89. The van der Waals surface area contributed by atoms with Gasteiger partial charge in [0.25, 0.3) is 0 Å². The van der Waals surface area contributed by atoms with Crippen LogP contribution in [0.25, 0.3) is 5.69 Å². The molecule has 1 N–H and O–H groups in total. The van der Waals surface area contributed by atoms with E-state index in [0.717, 1.165) is 15.9 Å². The average Bonchev–Trinajstić information content (AvgIpc) is 3.15. The van der Waals surface area contributed by atoms with Crippen LogP contribution in [-0.4, -0.2) is 31.4 Å². The molecule has 1 aromatic carbocycles. The van der Waals surface area contributed by atoms with E-state index < -0.39 is 0 Å². The third kappa shape index (κ3) is 3.52. The maximum absolute atomic E-state index is 11.9. The molecule has 0 radical (unpaired) electrons. The van der Waals surface area contributed by atoms with E-state index in [1.807, 2.05) is 48.0 Å². The SMILES string of the molecule is Cc1nnc(NC(=O)CSc2nccn2-c2ccccc2)s1. The first kappa shape index (κ1) is 14.7. The Labute approximate surface area is 135 Å². The highest BCUT2D eigenvalue weighted by Crippen LogP contribution is 2.21. The van der Waals surface area contributed by atoms with Gasteiger partial charge >= 0.3 is 0 Å². The summed E-state index contributed by atoms with van der Waals surface area (Å²) in [5, 5.41) is 12.6. The number of thioether (sulfide) groups is 1. The van der Waals surface area contributed by atoms with Gasteiger partial charge in [0, 0.05) is 18.1 Å². The van der Waals surface area contributed by atoms with Crippen LogP contribution in [0.5, 0.6) is 0 Å². The molecule has 0 aliphatic heterocycles. The number of nitrogens with zero attached hydrogens (tertiary/aromatic N) is 4. The second-order valence-electron chi connectivity index (χ2n) is 4.38. The first-order chi connectivity index (χ1) is 10.7. The van der Waals surface area contributed by atoms with Gasteiger partial charge < -0.3 is 0 Å². The molecule has 0 bridgehead atoms. The summed E-state index contributed by atoms with van der Waals surface area (Å²) in [6.07, 6.45) is 3.60. The van der Waals surface area contributed by atoms with Crippen molar-refractivity contribution in [3.05, 3.63) is 47.7 Å². The summed E-state index contributed by atoms with van der Waals surface area (Å²) in [6.45, 7) is 1.85. The summed E-state index contributed by atoms with van der Waals surface area (Å²) in [5.41, 5.74) is 1.02. The van der Waals surface area contributed by atoms with E-state index in [2.05, 4.69) is 20.5 Å². The molecule has 0 aliphatic rings. The second kappa shape index (κ2) is 6.71. The number of benzene rings is 1. The molecule has 3 aromatic rings. The first-order valence-electron chi connectivity index (χ1n) is 6.54. The molecular formula is C14H13N5OS2. The number of rotatable bonds is 5. The van der Waals surface area contributed by atoms with E-state index in [0.29, 0.717) is 5.13 Å². The smallest absolute Gasteiger partial charge is 0.236 e. The molecule has 0 fully saturated rings. The van der Waals surface area contributed by atoms with Crippen LogP contribution in [0.3, 0.4) is 0 Å². The molecular weight excluding hydrogens is 318 g/mol. The molecule has 3 rings (SSSR count). The first-order valence-corrected chi connectivity index (χ1v) is 8.34. The van der Waals surface area contributed by atoms with E-state index in [9.17, 15) is 4.79 Å². The maximum atomic E-state index is 11.9. The number of anilines is 1. The molecule has 6 nitrogen and oxygen atoms in total. The fourth-order valence-electron chi connectivity index (χ4n) is 1.81. The lowest BCUT2D eigenvalue weighted by Crippen LogP contribution is -2.14. The zero-order valence-electron chi connectivity index (χ0n) is 11.8. The Bertz CT molecular complexity index is 768. The number of para-hydroxylation sites is 1. The Balaban J connectivity index is 1.63. The minimum atomic E-state index is -0.122. The summed E-state index contributed by atoms with van der Waals surface area (Å²) in [7, 11) is 0. The number of aromatic nitrogens is 4. The maximum Gasteiger partial charge on any atom is 0.236 e. The van der Waals surface area contributed by atoms with Crippen LogP contribution < -0.4 is 5.32 Å². The van der Waals surface area contributed by atoms with Gasteiger partial charge in [0.15, 0.2) is 5.16 Å². The summed E-state index contributed by atoms with van der Waals surface area (Å²) in [5.74, 6) is 0.145. The molecule has 0 unspecified atom stereocenters. The fourth-order valence-corrected chi connectivity index (χ4v) is 3.20.